The van der Waals surface area contributed by atoms with Crippen molar-refractivity contribution in [3.05, 3.63) is 29.8 Å². The Kier molecular flexibility index (Phi) is 5.62. The van der Waals surface area contributed by atoms with Crippen LogP contribution in [0.15, 0.2) is 24.3 Å². The van der Waals surface area contributed by atoms with Crippen molar-refractivity contribution in [2.24, 2.45) is 0 Å². The van der Waals surface area contributed by atoms with E-state index in [1.54, 1.807) is 6.92 Å². The van der Waals surface area contributed by atoms with Crippen molar-refractivity contribution in [1.82, 2.24) is 0 Å². The van der Waals surface area contributed by atoms with Crippen molar-refractivity contribution in [1.29, 1.82) is 0 Å². The average molecular weight is 278 g/mol. The van der Waals surface area contributed by atoms with E-state index in [4.69, 9.17) is 4.74 Å². The van der Waals surface area contributed by atoms with Crippen LogP contribution in [-0.2, 0) is 4.74 Å². The summed E-state index contributed by atoms with van der Waals surface area (Å²) >= 11 is 0. The van der Waals surface area contributed by atoms with Crippen LogP contribution in [0.2, 0.25) is 0 Å². The molecule has 1 aromatic carbocycles. The smallest absolute Gasteiger partial charge is 0.406 e. The van der Waals surface area contributed by atoms with Gasteiger partial charge in [-0.25, -0.2) is 0 Å². The molecule has 0 aliphatic heterocycles. The molecule has 1 aromatic rings. The van der Waals surface area contributed by atoms with E-state index >= 15 is 0 Å². The summed E-state index contributed by atoms with van der Waals surface area (Å²) in [6.07, 6.45) is -5.62. The van der Waals surface area contributed by atoms with E-state index in [2.05, 4.69) is 4.74 Å². The monoisotopic (exact) mass is 278 g/mol. The lowest BCUT2D eigenvalue weighted by Gasteiger charge is -2.22. The maximum atomic E-state index is 12.1. The number of halogens is 3. The van der Waals surface area contributed by atoms with E-state index in [0.29, 0.717) is 18.6 Å². The zero-order valence-electron chi connectivity index (χ0n) is 10.8. The molecule has 0 amide bonds. The van der Waals surface area contributed by atoms with Gasteiger partial charge in [-0.15, -0.1) is 13.2 Å². The van der Waals surface area contributed by atoms with Crippen LogP contribution in [0.25, 0.3) is 0 Å². The van der Waals surface area contributed by atoms with Gasteiger partial charge in [0.25, 0.3) is 0 Å². The first-order chi connectivity index (χ1) is 8.87. The van der Waals surface area contributed by atoms with Crippen molar-refractivity contribution in [3.8, 4) is 5.75 Å². The van der Waals surface area contributed by atoms with Crippen LogP contribution in [0, 0.1) is 0 Å². The van der Waals surface area contributed by atoms with Crippen molar-refractivity contribution >= 4 is 0 Å². The van der Waals surface area contributed by atoms with Crippen LogP contribution in [0.4, 0.5) is 13.2 Å². The van der Waals surface area contributed by atoms with Gasteiger partial charge in [0.15, 0.2) is 0 Å². The number of hydrogen-bond donors (Lipinski definition) is 1. The quantitative estimate of drug-likeness (QED) is 0.866. The van der Waals surface area contributed by atoms with E-state index in [1.165, 1.54) is 24.3 Å². The summed E-state index contributed by atoms with van der Waals surface area (Å²) in [6, 6.07) is 5.29. The lowest BCUT2D eigenvalue weighted by molar-refractivity contribution is -0.274. The Balaban J connectivity index is 2.85. The van der Waals surface area contributed by atoms with Gasteiger partial charge < -0.3 is 14.6 Å². The number of hydrogen-bond acceptors (Lipinski definition) is 3. The molecule has 0 aromatic heterocycles. The minimum absolute atomic E-state index is 0.335. The Morgan fingerprint density at radius 2 is 1.95 bits per heavy atom. The van der Waals surface area contributed by atoms with Crippen LogP contribution >= 0.6 is 0 Å². The second kappa shape index (κ2) is 6.77. The molecule has 0 bridgehead atoms. The molecule has 108 valence electrons. The molecule has 0 heterocycles. The fraction of sp³-hybridized carbons (Fsp3) is 0.538. The molecule has 1 rings (SSSR count). The minimum Gasteiger partial charge on any atom is -0.406 e. The van der Waals surface area contributed by atoms with Crippen LogP contribution in [0.5, 0.6) is 5.75 Å². The Hall–Kier alpha value is -1.27. The van der Waals surface area contributed by atoms with Gasteiger partial charge >= 0.3 is 6.36 Å². The molecule has 19 heavy (non-hydrogen) atoms. The molecule has 0 aliphatic rings. The molecule has 3 nitrogen and oxygen atoms in total. The van der Waals surface area contributed by atoms with Gasteiger partial charge in [-0.05, 0) is 31.0 Å². The Morgan fingerprint density at radius 1 is 1.26 bits per heavy atom. The van der Waals surface area contributed by atoms with Crippen LogP contribution in [0.3, 0.4) is 0 Å². The minimum atomic E-state index is -4.74. The summed E-state index contributed by atoms with van der Waals surface area (Å²) in [5, 5.41) is 10.1. The molecule has 2 atom stereocenters. The molecular formula is C13H17F3O3. The van der Waals surface area contributed by atoms with Crippen molar-refractivity contribution < 1.29 is 27.8 Å². The highest BCUT2D eigenvalue weighted by atomic mass is 19.4. The maximum absolute atomic E-state index is 12.1. The standard InChI is InChI=1S/C13H17F3O3/c1-3-11(18-4-2)12(17)9-6-5-7-10(8-9)19-13(14,15)16/h5-8,11-12,17H,3-4H2,1-2H3. The average Bonchev–Trinajstić information content (AvgIpc) is 2.33. The summed E-state index contributed by atoms with van der Waals surface area (Å²) in [6.45, 7) is 4.05. The molecule has 0 radical (unpaired) electrons. The maximum Gasteiger partial charge on any atom is 0.573 e. The van der Waals surface area contributed by atoms with Gasteiger partial charge in [-0.3, -0.25) is 0 Å². The van der Waals surface area contributed by atoms with Crippen molar-refractivity contribution in [3.63, 3.8) is 0 Å². The number of benzene rings is 1. The third-order valence-electron chi connectivity index (χ3n) is 2.57. The molecule has 2 unspecified atom stereocenters. The Bertz CT molecular complexity index is 393. The second-order valence-electron chi connectivity index (χ2n) is 3.97. The number of rotatable bonds is 6. The molecule has 0 spiro atoms. The lowest BCUT2D eigenvalue weighted by atomic mass is 10.0. The highest BCUT2D eigenvalue weighted by Gasteiger charge is 2.31. The van der Waals surface area contributed by atoms with E-state index in [0.717, 1.165) is 0 Å². The van der Waals surface area contributed by atoms with Gasteiger partial charge in [0.05, 0.1) is 6.10 Å². The van der Waals surface area contributed by atoms with E-state index < -0.39 is 18.6 Å². The number of aliphatic hydroxyl groups is 1. The normalized spacial score (nSPS) is 15.1. The predicted octanol–water partition coefficient (Wildman–Crippen LogP) is 3.43. The lowest BCUT2D eigenvalue weighted by Crippen LogP contribution is -2.22. The van der Waals surface area contributed by atoms with Gasteiger partial charge in [-0.2, -0.15) is 0 Å². The zero-order chi connectivity index (χ0) is 14.5. The van der Waals surface area contributed by atoms with E-state index in [9.17, 15) is 18.3 Å². The largest absolute Gasteiger partial charge is 0.573 e. The Labute approximate surface area is 110 Å². The van der Waals surface area contributed by atoms with E-state index in [-0.39, 0.29) is 5.75 Å². The molecule has 0 saturated heterocycles. The number of alkyl halides is 3. The SMILES string of the molecule is CCOC(CC)C(O)c1cccc(OC(F)(F)F)c1. The number of aliphatic hydroxyl groups excluding tert-OH is 1. The van der Waals surface area contributed by atoms with Crippen LogP contribution < -0.4 is 4.74 Å². The fourth-order valence-electron chi connectivity index (χ4n) is 1.76. The molecule has 0 saturated carbocycles. The molecule has 0 aliphatic carbocycles. The summed E-state index contributed by atoms with van der Waals surface area (Å²) < 4.78 is 45.5. The summed E-state index contributed by atoms with van der Waals surface area (Å²) in [5.41, 5.74) is 0.335. The van der Waals surface area contributed by atoms with Crippen LogP contribution in [-0.4, -0.2) is 24.2 Å². The van der Waals surface area contributed by atoms with E-state index in [1.807, 2.05) is 6.92 Å². The highest BCUT2D eigenvalue weighted by molar-refractivity contribution is 5.30. The summed E-state index contributed by atoms with van der Waals surface area (Å²) in [4.78, 5) is 0. The van der Waals surface area contributed by atoms with Crippen molar-refractivity contribution in [2.75, 3.05) is 6.61 Å². The molecule has 1 N–H and O–H groups in total. The van der Waals surface area contributed by atoms with Gasteiger partial charge in [-0.1, -0.05) is 19.1 Å². The Morgan fingerprint density at radius 3 is 2.47 bits per heavy atom. The second-order valence-corrected chi connectivity index (χ2v) is 3.97. The summed E-state index contributed by atoms with van der Waals surface area (Å²) in [7, 11) is 0. The fourth-order valence-corrected chi connectivity index (χ4v) is 1.76. The predicted molar refractivity (Wildman–Crippen MR) is 63.8 cm³/mol. The van der Waals surface area contributed by atoms with Gasteiger partial charge in [0.2, 0.25) is 0 Å². The van der Waals surface area contributed by atoms with Gasteiger partial charge in [0.1, 0.15) is 11.9 Å². The summed E-state index contributed by atoms with van der Waals surface area (Å²) in [5.74, 6) is -0.351. The first kappa shape index (κ1) is 15.8. The zero-order valence-corrected chi connectivity index (χ0v) is 10.8. The highest BCUT2D eigenvalue weighted by Crippen LogP contribution is 2.28. The first-order valence-corrected chi connectivity index (χ1v) is 6.02. The number of ether oxygens (including phenoxy) is 2. The third kappa shape index (κ3) is 5.08. The topological polar surface area (TPSA) is 38.7 Å². The molecular weight excluding hydrogens is 261 g/mol. The first-order valence-electron chi connectivity index (χ1n) is 6.02. The van der Waals surface area contributed by atoms with Crippen LogP contribution in [0.1, 0.15) is 31.9 Å². The van der Waals surface area contributed by atoms with Gasteiger partial charge in [0, 0.05) is 6.61 Å². The third-order valence-corrected chi connectivity index (χ3v) is 2.57. The van der Waals surface area contributed by atoms with Crippen molar-refractivity contribution in [2.45, 2.75) is 38.8 Å². The molecule has 6 heteroatoms. The molecule has 0 fully saturated rings.